The summed E-state index contributed by atoms with van der Waals surface area (Å²) in [5.41, 5.74) is 3.06. The van der Waals surface area contributed by atoms with Crippen molar-refractivity contribution in [3.05, 3.63) is 78.5 Å². The molecule has 0 atom stereocenters. The molecular weight excluding hydrogens is 368 g/mol. The van der Waals surface area contributed by atoms with E-state index in [-0.39, 0.29) is 18.2 Å². The second-order valence-corrected chi connectivity index (χ2v) is 6.50. The number of nitrogens with zero attached hydrogens (tertiary/aromatic N) is 5. The number of Topliss-reactive ketones (excluding diaryl/α,β-unsaturated/α-hetero) is 1. The molecule has 1 amide bonds. The molecule has 0 fully saturated rings. The Hall–Kier alpha value is -4.07. The van der Waals surface area contributed by atoms with Gasteiger partial charge in [-0.15, -0.1) is 10.2 Å². The van der Waals surface area contributed by atoms with Crippen LogP contribution in [0.3, 0.4) is 0 Å². The fourth-order valence-corrected chi connectivity index (χ4v) is 3.04. The molecule has 4 rings (SSSR count). The summed E-state index contributed by atoms with van der Waals surface area (Å²) in [5.74, 6) is -0.175. The van der Waals surface area contributed by atoms with E-state index in [0.29, 0.717) is 11.3 Å². The van der Waals surface area contributed by atoms with Gasteiger partial charge in [0.15, 0.2) is 5.78 Å². The summed E-state index contributed by atoms with van der Waals surface area (Å²) in [4.78, 5) is 23.9. The van der Waals surface area contributed by atoms with Crippen LogP contribution in [0.1, 0.15) is 22.8 Å². The van der Waals surface area contributed by atoms with Crippen LogP contribution in [0.15, 0.2) is 72.5 Å². The van der Waals surface area contributed by atoms with Crippen LogP contribution in [0.4, 0.5) is 5.69 Å². The van der Waals surface area contributed by atoms with E-state index in [2.05, 4.69) is 20.6 Å². The molecular formula is C21H18N6O2. The minimum Gasteiger partial charge on any atom is -0.337 e. The summed E-state index contributed by atoms with van der Waals surface area (Å²) in [6.07, 6.45) is 6.60. The van der Waals surface area contributed by atoms with Crippen LogP contribution in [0, 0.1) is 0 Å². The number of para-hydroxylation sites is 1. The van der Waals surface area contributed by atoms with Crippen molar-refractivity contribution in [1.82, 2.24) is 19.4 Å². The fraction of sp³-hybridized carbons (Fsp3) is 0.0952. The summed E-state index contributed by atoms with van der Waals surface area (Å²) < 4.78 is 3.38. The molecule has 0 spiro atoms. The molecule has 0 saturated carbocycles. The van der Waals surface area contributed by atoms with Crippen molar-refractivity contribution in [3.8, 4) is 0 Å². The van der Waals surface area contributed by atoms with Gasteiger partial charge in [-0.2, -0.15) is 5.10 Å². The maximum absolute atomic E-state index is 12.5. The number of amides is 1. The molecule has 144 valence electrons. The van der Waals surface area contributed by atoms with Crippen LogP contribution in [-0.2, 0) is 11.3 Å². The molecule has 0 aliphatic heterocycles. The molecule has 2 aromatic carbocycles. The second-order valence-electron chi connectivity index (χ2n) is 6.50. The quantitative estimate of drug-likeness (QED) is 0.407. The van der Waals surface area contributed by atoms with Gasteiger partial charge in [0, 0.05) is 33.9 Å². The van der Waals surface area contributed by atoms with Crippen molar-refractivity contribution in [3.63, 3.8) is 0 Å². The zero-order chi connectivity index (χ0) is 20.2. The van der Waals surface area contributed by atoms with E-state index >= 15 is 0 Å². The zero-order valence-corrected chi connectivity index (χ0v) is 15.7. The van der Waals surface area contributed by atoms with Crippen LogP contribution in [0.2, 0.25) is 0 Å². The predicted octanol–water partition coefficient (Wildman–Crippen LogP) is 2.96. The highest BCUT2D eigenvalue weighted by Crippen LogP contribution is 2.20. The maximum Gasteiger partial charge on any atom is 0.244 e. The van der Waals surface area contributed by atoms with E-state index in [1.54, 1.807) is 30.5 Å². The number of ketones is 1. The number of hydrogen-bond donors (Lipinski definition) is 1. The first kappa shape index (κ1) is 18.3. The SMILES string of the molecule is CC(=O)c1ccc(NC(=O)Cn2cc(/C=N/n3cnnc3)c3ccccc32)cc1. The van der Waals surface area contributed by atoms with Gasteiger partial charge in [0.25, 0.3) is 0 Å². The summed E-state index contributed by atoms with van der Waals surface area (Å²) in [6.45, 7) is 1.66. The monoisotopic (exact) mass is 386 g/mol. The highest BCUT2D eigenvalue weighted by Gasteiger charge is 2.10. The van der Waals surface area contributed by atoms with Crippen LogP contribution >= 0.6 is 0 Å². The first-order valence-corrected chi connectivity index (χ1v) is 8.98. The molecule has 0 saturated heterocycles. The van der Waals surface area contributed by atoms with Crippen molar-refractivity contribution >= 4 is 34.5 Å². The Morgan fingerprint density at radius 1 is 1.07 bits per heavy atom. The van der Waals surface area contributed by atoms with Crippen LogP contribution in [0.25, 0.3) is 10.9 Å². The summed E-state index contributed by atoms with van der Waals surface area (Å²) in [7, 11) is 0. The highest BCUT2D eigenvalue weighted by molar-refractivity contribution is 6.00. The minimum absolute atomic E-state index is 0.0117. The average Bonchev–Trinajstić information content (AvgIpc) is 3.35. The van der Waals surface area contributed by atoms with E-state index in [0.717, 1.165) is 16.5 Å². The number of benzene rings is 2. The van der Waals surface area contributed by atoms with E-state index in [1.165, 1.54) is 24.3 Å². The Balaban J connectivity index is 1.54. The van der Waals surface area contributed by atoms with E-state index < -0.39 is 0 Å². The van der Waals surface area contributed by atoms with Gasteiger partial charge in [-0.1, -0.05) is 18.2 Å². The molecule has 8 nitrogen and oxygen atoms in total. The molecule has 8 heteroatoms. The number of anilines is 1. The molecule has 4 aromatic rings. The minimum atomic E-state index is -0.163. The standard InChI is InChI=1S/C21H18N6O2/c1-15(28)16-6-8-18(9-7-16)25-21(29)12-26-11-17(10-24-27-13-22-23-14-27)19-4-2-3-5-20(19)26/h2-11,13-14H,12H2,1H3,(H,25,29)/b24-10+. The predicted molar refractivity (Wildman–Crippen MR) is 110 cm³/mol. The zero-order valence-electron chi connectivity index (χ0n) is 15.7. The van der Waals surface area contributed by atoms with Crippen LogP contribution in [0.5, 0.6) is 0 Å². The lowest BCUT2D eigenvalue weighted by Crippen LogP contribution is -2.18. The summed E-state index contributed by atoms with van der Waals surface area (Å²) in [6, 6.07) is 14.7. The van der Waals surface area contributed by atoms with Gasteiger partial charge >= 0.3 is 0 Å². The maximum atomic E-state index is 12.5. The van der Waals surface area contributed by atoms with Crippen LogP contribution in [-0.4, -0.2) is 37.3 Å². The Morgan fingerprint density at radius 3 is 2.52 bits per heavy atom. The van der Waals surface area contributed by atoms with Gasteiger partial charge in [-0.25, -0.2) is 4.68 Å². The van der Waals surface area contributed by atoms with Gasteiger partial charge in [0.05, 0.1) is 6.21 Å². The van der Waals surface area contributed by atoms with Crippen molar-refractivity contribution < 1.29 is 9.59 Å². The van der Waals surface area contributed by atoms with Gasteiger partial charge in [-0.3, -0.25) is 9.59 Å². The number of carbonyl (C=O) groups excluding carboxylic acids is 2. The van der Waals surface area contributed by atoms with Crippen molar-refractivity contribution in [1.29, 1.82) is 0 Å². The molecule has 0 unspecified atom stereocenters. The van der Waals surface area contributed by atoms with Crippen molar-refractivity contribution in [2.24, 2.45) is 5.10 Å². The Kier molecular flexibility index (Phi) is 4.98. The second kappa shape index (κ2) is 7.89. The van der Waals surface area contributed by atoms with Gasteiger partial charge < -0.3 is 9.88 Å². The number of fused-ring (bicyclic) bond motifs is 1. The Bertz CT molecular complexity index is 1190. The molecule has 29 heavy (non-hydrogen) atoms. The molecule has 0 aliphatic rings. The lowest BCUT2D eigenvalue weighted by atomic mass is 10.1. The van der Waals surface area contributed by atoms with Crippen LogP contribution < -0.4 is 5.32 Å². The van der Waals surface area contributed by atoms with Gasteiger partial charge in [0.1, 0.15) is 19.2 Å². The lowest BCUT2D eigenvalue weighted by Gasteiger charge is -2.08. The first-order chi connectivity index (χ1) is 14.1. The highest BCUT2D eigenvalue weighted by atomic mass is 16.2. The van der Waals surface area contributed by atoms with E-state index in [9.17, 15) is 9.59 Å². The summed E-state index contributed by atoms with van der Waals surface area (Å²) in [5, 5.41) is 15.6. The molecule has 2 heterocycles. The summed E-state index contributed by atoms with van der Waals surface area (Å²) >= 11 is 0. The molecule has 2 aromatic heterocycles. The Morgan fingerprint density at radius 2 is 1.79 bits per heavy atom. The number of nitrogens with one attached hydrogen (secondary N) is 1. The first-order valence-electron chi connectivity index (χ1n) is 8.98. The topological polar surface area (TPSA) is 94.2 Å². The van der Waals surface area contributed by atoms with E-state index in [4.69, 9.17) is 0 Å². The van der Waals surface area contributed by atoms with Gasteiger partial charge in [-0.05, 0) is 37.3 Å². The number of hydrogen-bond acceptors (Lipinski definition) is 5. The molecule has 0 radical (unpaired) electrons. The van der Waals surface area contributed by atoms with Crippen molar-refractivity contribution in [2.45, 2.75) is 13.5 Å². The normalized spacial score (nSPS) is 11.2. The molecule has 1 N–H and O–H groups in total. The largest absolute Gasteiger partial charge is 0.337 e. The third kappa shape index (κ3) is 4.11. The number of rotatable bonds is 6. The lowest BCUT2D eigenvalue weighted by molar-refractivity contribution is -0.116. The molecule has 0 bridgehead atoms. The Labute approximate surface area is 166 Å². The third-order valence-corrected chi connectivity index (χ3v) is 4.45. The van der Waals surface area contributed by atoms with E-state index in [1.807, 2.05) is 35.0 Å². The molecule has 0 aliphatic carbocycles. The third-order valence-electron chi connectivity index (χ3n) is 4.45. The number of aromatic nitrogens is 4. The number of carbonyl (C=O) groups is 2. The smallest absolute Gasteiger partial charge is 0.244 e. The van der Waals surface area contributed by atoms with Crippen molar-refractivity contribution in [2.75, 3.05) is 5.32 Å². The average molecular weight is 386 g/mol. The van der Waals surface area contributed by atoms with Gasteiger partial charge in [0.2, 0.25) is 5.91 Å². The fourth-order valence-electron chi connectivity index (χ4n) is 3.04.